The summed E-state index contributed by atoms with van der Waals surface area (Å²) in [5, 5.41) is 12.1. The lowest BCUT2D eigenvalue weighted by Crippen LogP contribution is -2.50. The molecule has 2 unspecified atom stereocenters. The van der Waals surface area contributed by atoms with E-state index in [2.05, 4.69) is 17.0 Å². The molecule has 0 spiro atoms. The van der Waals surface area contributed by atoms with Crippen LogP contribution in [0.25, 0.3) is 10.9 Å². The molecule has 8 heteroatoms. The minimum atomic E-state index is -0.510. The van der Waals surface area contributed by atoms with E-state index < -0.39 is 5.60 Å². The van der Waals surface area contributed by atoms with Gasteiger partial charge < -0.3 is 19.6 Å². The second-order valence-corrected chi connectivity index (χ2v) is 12.2. The molecule has 42 heavy (non-hydrogen) atoms. The monoisotopic (exact) mass is 564 g/mol. The smallest absolute Gasteiger partial charge is 0.410 e. The first-order chi connectivity index (χ1) is 20.0. The van der Waals surface area contributed by atoms with Crippen LogP contribution in [0.1, 0.15) is 55.6 Å². The van der Waals surface area contributed by atoms with Crippen LogP contribution >= 0.6 is 0 Å². The SMILES string of the molecule is CC(=O)n1c(O)c(C(=Nc2ccc(N3CC4CC3CN4C(=O)OC(C)(C)C)cc2)c2ccccc2)c2ccc(C)cc21. The Bertz CT molecular complexity index is 1700. The Morgan fingerprint density at radius 1 is 0.952 bits per heavy atom. The number of nitrogens with zero attached hydrogens (tertiary/aromatic N) is 4. The van der Waals surface area contributed by atoms with Gasteiger partial charge in [0.1, 0.15) is 5.60 Å². The molecule has 4 aromatic rings. The number of likely N-dealkylation sites (tertiary alicyclic amines) is 1. The average molecular weight is 565 g/mol. The fourth-order valence-corrected chi connectivity index (χ4v) is 6.17. The molecule has 3 heterocycles. The van der Waals surface area contributed by atoms with E-state index in [9.17, 15) is 14.7 Å². The quantitative estimate of drug-likeness (QED) is 0.279. The minimum absolute atomic E-state index is 0.120. The molecule has 2 bridgehead atoms. The summed E-state index contributed by atoms with van der Waals surface area (Å²) in [6, 6.07) is 24.0. The van der Waals surface area contributed by atoms with Crippen molar-refractivity contribution in [2.75, 3.05) is 18.0 Å². The van der Waals surface area contributed by atoms with Crippen molar-refractivity contribution in [1.82, 2.24) is 9.47 Å². The molecule has 2 aliphatic rings. The van der Waals surface area contributed by atoms with Gasteiger partial charge in [-0.1, -0.05) is 42.5 Å². The fraction of sp³-hybridized carbons (Fsp3) is 0.324. The van der Waals surface area contributed by atoms with E-state index in [1.54, 1.807) is 0 Å². The van der Waals surface area contributed by atoms with Crippen LogP contribution in [0.5, 0.6) is 5.88 Å². The van der Waals surface area contributed by atoms with Gasteiger partial charge in [0.15, 0.2) is 0 Å². The highest BCUT2D eigenvalue weighted by Crippen LogP contribution is 2.38. The van der Waals surface area contributed by atoms with Crippen molar-refractivity contribution in [2.24, 2.45) is 4.99 Å². The van der Waals surface area contributed by atoms with Gasteiger partial charge in [-0.25, -0.2) is 9.79 Å². The van der Waals surface area contributed by atoms with Crippen LogP contribution in [0.3, 0.4) is 0 Å². The largest absolute Gasteiger partial charge is 0.494 e. The Morgan fingerprint density at radius 3 is 2.29 bits per heavy atom. The number of aryl methyl sites for hydroxylation is 1. The van der Waals surface area contributed by atoms with Crippen LogP contribution in [-0.4, -0.2) is 63.1 Å². The second kappa shape index (κ2) is 10.4. The van der Waals surface area contributed by atoms with Gasteiger partial charge in [0, 0.05) is 42.7 Å². The molecule has 0 aliphatic carbocycles. The van der Waals surface area contributed by atoms with E-state index in [0.29, 0.717) is 23.3 Å². The number of ether oxygens (including phenoxy) is 1. The number of aromatic hydroxyl groups is 1. The van der Waals surface area contributed by atoms with E-state index in [-0.39, 0.29) is 30.0 Å². The molecular formula is C34H36N4O4. The van der Waals surface area contributed by atoms with Gasteiger partial charge in [0.25, 0.3) is 0 Å². The molecule has 2 aliphatic heterocycles. The molecule has 216 valence electrons. The highest BCUT2D eigenvalue weighted by Gasteiger charge is 2.46. The predicted octanol–water partition coefficient (Wildman–Crippen LogP) is 6.68. The van der Waals surface area contributed by atoms with Crippen LogP contribution in [-0.2, 0) is 4.74 Å². The lowest BCUT2D eigenvalue weighted by atomic mass is 10.00. The van der Waals surface area contributed by atoms with E-state index >= 15 is 0 Å². The van der Waals surface area contributed by atoms with E-state index in [4.69, 9.17) is 9.73 Å². The number of aromatic nitrogens is 1. The Hall–Kier alpha value is -4.59. The van der Waals surface area contributed by atoms with Crippen LogP contribution in [0.15, 0.2) is 77.8 Å². The molecule has 0 saturated carbocycles. The van der Waals surface area contributed by atoms with Gasteiger partial charge in [-0.15, -0.1) is 0 Å². The number of hydrogen-bond acceptors (Lipinski definition) is 6. The normalized spacial score (nSPS) is 18.6. The van der Waals surface area contributed by atoms with Crippen molar-refractivity contribution in [3.8, 4) is 5.88 Å². The number of piperazine rings is 1. The first kappa shape index (κ1) is 27.6. The Morgan fingerprint density at radius 2 is 1.67 bits per heavy atom. The topological polar surface area (TPSA) is 87.4 Å². The third-order valence-electron chi connectivity index (χ3n) is 7.99. The van der Waals surface area contributed by atoms with Crippen LogP contribution in [0.2, 0.25) is 0 Å². The van der Waals surface area contributed by atoms with Crippen LogP contribution in [0, 0.1) is 6.92 Å². The summed E-state index contributed by atoms with van der Waals surface area (Å²) >= 11 is 0. The fourth-order valence-electron chi connectivity index (χ4n) is 6.17. The summed E-state index contributed by atoms with van der Waals surface area (Å²) in [7, 11) is 0. The first-order valence-electron chi connectivity index (χ1n) is 14.4. The molecule has 6 rings (SSSR count). The number of rotatable bonds is 4. The molecule has 0 radical (unpaired) electrons. The summed E-state index contributed by atoms with van der Waals surface area (Å²) in [6.07, 6.45) is 0.688. The lowest BCUT2D eigenvalue weighted by Gasteiger charge is -2.36. The molecular weight excluding hydrogens is 528 g/mol. The second-order valence-electron chi connectivity index (χ2n) is 12.2. The highest BCUT2D eigenvalue weighted by molar-refractivity contribution is 6.23. The zero-order chi connectivity index (χ0) is 29.8. The summed E-state index contributed by atoms with van der Waals surface area (Å²) in [4.78, 5) is 34.5. The third-order valence-corrected chi connectivity index (χ3v) is 7.99. The highest BCUT2D eigenvalue weighted by atomic mass is 16.6. The van der Waals surface area contributed by atoms with E-state index in [1.807, 2.05) is 93.3 Å². The lowest BCUT2D eigenvalue weighted by molar-refractivity contribution is 0.0214. The molecule has 2 atom stereocenters. The average Bonchev–Trinajstić information content (AvgIpc) is 3.63. The maximum absolute atomic E-state index is 12.7. The summed E-state index contributed by atoms with van der Waals surface area (Å²) in [5.74, 6) is -0.388. The Kier molecular flexibility index (Phi) is 6.80. The number of carbonyl (C=O) groups excluding carboxylic acids is 2. The third kappa shape index (κ3) is 5.02. The molecule has 8 nitrogen and oxygen atoms in total. The number of amides is 1. The number of aliphatic imine (C=N–C) groups is 1. The summed E-state index contributed by atoms with van der Waals surface area (Å²) in [6.45, 7) is 10.5. The molecule has 3 aromatic carbocycles. The van der Waals surface area contributed by atoms with Crippen LogP contribution < -0.4 is 4.90 Å². The molecule has 1 N–H and O–H groups in total. The summed E-state index contributed by atoms with van der Waals surface area (Å²) < 4.78 is 6.96. The maximum atomic E-state index is 12.7. The van der Waals surface area contributed by atoms with Crippen molar-refractivity contribution in [1.29, 1.82) is 0 Å². The number of carbonyl (C=O) groups is 2. The van der Waals surface area contributed by atoms with Gasteiger partial charge in [-0.2, -0.15) is 0 Å². The van der Waals surface area contributed by atoms with Crippen molar-refractivity contribution < 1.29 is 19.4 Å². The maximum Gasteiger partial charge on any atom is 0.410 e. The Balaban J connectivity index is 1.32. The van der Waals surface area contributed by atoms with Gasteiger partial charge in [0.05, 0.1) is 28.5 Å². The van der Waals surface area contributed by atoms with Crippen molar-refractivity contribution in [2.45, 2.75) is 58.7 Å². The minimum Gasteiger partial charge on any atom is -0.494 e. The molecule has 1 aromatic heterocycles. The zero-order valence-electron chi connectivity index (χ0n) is 24.7. The number of anilines is 1. The van der Waals surface area contributed by atoms with Crippen LogP contribution in [0.4, 0.5) is 16.2 Å². The van der Waals surface area contributed by atoms with Crippen molar-refractivity contribution >= 4 is 40.0 Å². The first-order valence-corrected chi connectivity index (χ1v) is 14.4. The predicted molar refractivity (Wildman–Crippen MR) is 165 cm³/mol. The molecule has 2 saturated heterocycles. The standard InChI is InChI=1S/C34H36N4O4/c1-21-11-16-28-29(17-21)38(22(2)39)32(40)30(28)31(23-9-7-6-8-10-23)35-24-12-14-25(15-13-24)36-19-27-18-26(36)20-37(27)33(41)42-34(3,4)5/h6-17,26-27,40H,18-20H2,1-5H3. The van der Waals surface area contributed by atoms with E-state index in [0.717, 1.165) is 40.9 Å². The van der Waals surface area contributed by atoms with Gasteiger partial charge in [0.2, 0.25) is 11.8 Å². The van der Waals surface area contributed by atoms with Gasteiger partial charge in [-0.05, 0) is 70.0 Å². The number of benzene rings is 3. The zero-order valence-corrected chi connectivity index (χ0v) is 24.7. The van der Waals surface area contributed by atoms with Gasteiger partial charge in [-0.3, -0.25) is 9.36 Å². The summed E-state index contributed by atoms with van der Waals surface area (Å²) in [5.41, 5.74) is 4.89. The van der Waals surface area contributed by atoms with Crippen molar-refractivity contribution in [3.05, 3.63) is 89.5 Å². The molecule has 1 amide bonds. The Labute approximate surface area is 245 Å². The molecule has 2 fully saturated rings. The van der Waals surface area contributed by atoms with E-state index in [1.165, 1.54) is 11.5 Å². The van der Waals surface area contributed by atoms with Crippen molar-refractivity contribution in [3.63, 3.8) is 0 Å². The van der Waals surface area contributed by atoms with Gasteiger partial charge >= 0.3 is 6.09 Å². The number of fused-ring (bicyclic) bond motifs is 3. The number of hydrogen-bond donors (Lipinski definition) is 1.